The summed E-state index contributed by atoms with van der Waals surface area (Å²) in [5.74, 6) is -0.217. The van der Waals surface area contributed by atoms with Gasteiger partial charge >= 0.3 is 0 Å². The fourth-order valence-electron chi connectivity index (χ4n) is 1.74. The van der Waals surface area contributed by atoms with Gasteiger partial charge in [-0.1, -0.05) is 52.3 Å². The zero-order valence-corrected chi connectivity index (χ0v) is 10.8. The van der Waals surface area contributed by atoms with E-state index in [-0.39, 0.29) is 11.9 Å². The van der Waals surface area contributed by atoms with Crippen LogP contribution < -0.4 is 5.73 Å². The number of hydrogen-bond donors (Lipinski definition) is 1. The Morgan fingerprint density at radius 2 is 1.82 bits per heavy atom. The summed E-state index contributed by atoms with van der Waals surface area (Å²) in [5.41, 5.74) is 7.72. The Morgan fingerprint density at radius 3 is 2.47 bits per heavy atom. The molecular formula is C14H13BrFN. The van der Waals surface area contributed by atoms with Crippen molar-refractivity contribution in [2.75, 3.05) is 0 Å². The van der Waals surface area contributed by atoms with Gasteiger partial charge < -0.3 is 5.73 Å². The molecule has 88 valence electrons. The predicted octanol–water partition coefficient (Wildman–Crippen LogP) is 3.83. The third-order valence-electron chi connectivity index (χ3n) is 2.68. The van der Waals surface area contributed by atoms with E-state index in [9.17, 15) is 4.39 Å². The normalized spacial score (nSPS) is 12.4. The molecule has 0 saturated carbocycles. The summed E-state index contributed by atoms with van der Waals surface area (Å²) in [5, 5.41) is 0. The maximum atomic E-state index is 13.6. The van der Waals surface area contributed by atoms with Gasteiger partial charge in [-0.15, -0.1) is 0 Å². The zero-order valence-electron chi connectivity index (χ0n) is 9.24. The highest BCUT2D eigenvalue weighted by atomic mass is 79.9. The molecule has 0 heterocycles. The SMILES string of the molecule is NC(Cc1ccc(Br)cc1F)c1ccccc1. The molecule has 2 aromatic carbocycles. The molecular weight excluding hydrogens is 281 g/mol. The summed E-state index contributed by atoms with van der Waals surface area (Å²) in [4.78, 5) is 0. The van der Waals surface area contributed by atoms with Crippen LogP contribution in [0.5, 0.6) is 0 Å². The molecule has 1 unspecified atom stereocenters. The van der Waals surface area contributed by atoms with E-state index in [1.54, 1.807) is 6.07 Å². The summed E-state index contributed by atoms with van der Waals surface area (Å²) in [6, 6.07) is 14.6. The van der Waals surface area contributed by atoms with Crippen LogP contribution in [0.1, 0.15) is 17.2 Å². The predicted molar refractivity (Wildman–Crippen MR) is 71.2 cm³/mol. The maximum absolute atomic E-state index is 13.6. The lowest BCUT2D eigenvalue weighted by molar-refractivity contribution is 0.592. The first-order chi connectivity index (χ1) is 8.16. The van der Waals surface area contributed by atoms with Crippen LogP contribution in [0.2, 0.25) is 0 Å². The highest BCUT2D eigenvalue weighted by Gasteiger charge is 2.10. The Morgan fingerprint density at radius 1 is 1.12 bits per heavy atom. The van der Waals surface area contributed by atoms with E-state index in [1.807, 2.05) is 36.4 Å². The van der Waals surface area contributed by atoms with Crippen molar-refractivity contribution in [3.8, 4) is 0 Å². The van der Waals surface area contributed by atoms with Crippen molar-refractivity contribution in [2.45, 2.75) is 12.5 Å². The molecule has 1 atom stereocenters. The van der Waals surface area contributed by atoms with E-state index in [0.29, 0.717) is 12.0 Å². The minimum atomic E-state index is -0.217. The molecule has 2 N–H and O–H groups in total. The highest BCUT2D eigenvalue weighted by molar-refractivity contribution is 9.10. The highest BCUT2D eigenvalue weighted by Crippen LogP contribution is 2.20. The van der Waals surface area contributed by atoms with Crippen molar-refractivity contribution in [1.82, 2.24) is 0 Å². The maximum Gasteiger partial charge on any atom is 0.127 e. The second kappa shape index (κ2) is 5.43. The number of nitrogens with two attached hydrogens (primary N) is 1. The first kappa shape index (κ1) is 12.3. The average molecular weight is 294 g/mol. The molecule has 2 rings (SSSR count). The zero-order chi connectivity index (χ0) is 12.3. The van der Waals surface area contributed by atoms with Crippen molar-refractivity contribution >= 4 is 15.9 Å². The van der Waals surface area contributed by atoms with Gasteiger partial charge in [-0.2, -0.15) is 0 Å². The van der Waals surface area contributed by atoms with Crippen molar-refractivity contribution in [3.05, 3.63) is 69.9 Å². The summed E-state index contributed by atoms with van der Waals surface area (Å²) < 4.78 is 14.4. The summed E-state index contributed by atoms with van der Waals surface area (Å²) in [6.45, 7) is 0. The van der Waals surface area contributed by atoms with Crippen LogP contribution in [0.3, 0.4) is 0 Å². The standard InChI is InChI=1S/C14H13BrFN/c15-12-7-6-11(13(16)9-12)8-14(17)10-4-2-1-3-5-10/h1-7,9,14H,8,17H2. The molecule has 0 radical (unpaired) electrons. The lowest BCUT2D eigenvalue weighted by Gasteiger charge is -2.12. The Balaban J connectivity index is 2.16. The lowest BCUT2D eigenvalue weighted by Crippen LogP contribution is -2.13. The first-order valence-electron chi connectivity index (χ1n) is 5.41. The smallest absolute Gasteiger partial charge is 0.127 e. The lowest BCUT2D eigenvalue weighted by atomic mass is 9.99. The Kier molecular flexibility index (Phi) is 3.92. The van der Waals surface area contributed by atoms with Gasteiger partial charge in [0.25, 0.3) is 0 Å². The molecule has 17 heavy (non-hydrogen) atoms. The first-order valence-corrected chi connectivity index (χ1v) is 6.20. The minimum Gasteiger partial charge on any atom is -0.324 e. The third kappa shape index (κ3) is 3.14. The topological polar surface area (TPSA) is 26.0 Å². The molecule has 0 aliphatic heterocycles. The molecule has 0 fully saturated rings. The van der Waals surface area contributed by atoms with Gasteiger partial charge in [0.1, 0.15) is 5.82 Å². The van der Waals surface area contributed by atoms with Crippen LogP contribution in [0.15, 0.2) is 53.0 Å². The molecule has 1 nitrogen and oxygen atoms in total. The summed E-state index contributed by atoms with van der Waals surface area (Å²) in [6.07, 6.45) is 0.503. The second-order valence-electron chi connectivity index (χ2n) is 3.96. The van der Waals surface area contributed by atoms with E-state index < -0.39 is 0 Å². The van der Waals surface area contributed by atoms with Gasteiger partial charge in [-0.05, 0) is 29.7 Å². The van der Waals surface area contributed by atoms with Crippen molar-refractivity contribution in [3.63, 3.8) is 0 Å². The van der Waals surface area contributed by atoms with Gasteiger partial charge in [0.15, 0.2) is 0 Å². The van der Waals surface area contributed by atoms with E-state index in [2.05, 4.69) is 15.9 Å². The molecule has 0 aromatic heterocycles. The molecule has 0 aliphatic rings. The van der Waals surface area contributed by atoms with Crippen molar-refractivity contribution < 1.29 is 4.39 Å². The molecule has 3 heteroatoms. The van der Waals surface area contributed by atoms with Crippen molar-refractivity contribution in [2.24, 2.45) is 5.73 Å². The number of hydrogen-bond acceptors (Lipinski definition) is 1. The van der Waals surface area contributed by atoms with E-state index in [4.69, 9.17) is 5.73 Å². The van der Waals surface area contributed by atoms with Crippen LogP contribution >= 0.6 is 15.9 Å². The van der Waals surface area contributed by atoms with Crippen molar-refractivity contribution in [1.29, 1.82) is 0 Å². The number of rotatable bonds is 3. The Bertz CT molecular complexity index is 499. The van der Waals surface area contributed by atoms with Crippen LogP contribution in [0.25, 0.3) is 0 Å². The van der Waals surface area contributed by atoms with E-state index in [1.165, 1.54) is 6.07 Å². The Hall–Kier alpha value is -1.19. The van der Waals surface area contributed by atoms with Gasteiger partial charge in [0.2, 0.25) is 0 Å². The third-order valence-corrected chi connectivity index (χ3v) is 3.18. The van der Waals surface area contributed by atoms with E-state index >= 15 is 0 Å². The summed E-state index contributed by atoms with van der Waals surface area (Å²) >= 11 is 3.24. The quantitative estimate of drug-likeness (QED) is 0.914. The monoisotopic (exact) mass is 293 g/mol. The average Bonchev–Trinajstić information content (AvgIpc) is 2.34. The molecule has 0 amide bonds. The fraction of sp³-hybridized carbons (Fsp3) is 0.143. The molecule has 0 aliphatic carbocycles. The molecule has 0 saturated heterocycles. The molecule has 0 spiro atoms. The Labute approximate surface area is 109 Å². The minimum absolute atomic E-state index is 0.174. The second-order valence-corrected chi connectivity index (χ2v) is 4.87. The van der Waals surface area contributed by atoms with Gasteiger partial charge in [-0.3, -0.25) is 0 Å². The van der Waals surface area contributed by atoms with Crippen LogP contribution in [-0.4, -0.2) is 0 Å². The van der Waals surface area contributed by atoms with Crippen LogP contribution in [0.4, 0.5) is 4.39 Å². The van der Waals surface area contributed by atoms with Gasteiger partial charge in [-0.25, -0.2) is 4.39 Å². The number of halogens is 2. The fourth-order valence-corrected chi connectivity index (χ4v) is 2.08. The van der Waals surface area contributed by atoms with E-state index in [0.717, 1.165) is 10.0 Å². The largest absolute Gasteiger partial charge is 0.324 e. The summed E-state index contributed by atoms with van der Waals surface area (Å²) in [7, 11) is 0. The van der Waals surface area contributed by atoms with Crippen LogP contribution in [-0.2, 0) is 6.42 Å². The van der Waals surface area contributed by atoms with Gasteiger partial charge in [0, 0.05) is 10.5 Å². The van der Waals surface area contributed by atoms with Gasteiger partial charge in [0.05, 0.1) is 0 Å². The molecule has 0 bridgehead atoms. The number of benzene rings is 2. The van der Waals surface area contributed by atoms with Crippen LogP contribution in [0, 0.1) is 5.82 Å². The molecule has 2 aromatic rings.